The summed E-state index contributed by atoms with van der Waals surface area (Å²) in [4.78, 5) is 26.1. The van der Waals surface area contributed by atoms with Gasteiger partial charge < -0.3 is 14.6 Å². The topological polar surface area (TPSA) is 72.8 Å². The minimum atomic E-state index is -0.957. The number of rotatable bonds is 0. The molecule has 0 radical (unpaired) electrons. The molecule has 3 aliphatic carbocycles. The Kier molecular flexibility index (Phi) is 3.16. The number of ether oxygens (including phenoxy) is 2. The van der Waals surface area contributed by atoms with Crippen LogP contribution in [0.5, 0.6) is 0 Å². The highest BCUT2D eigenvalue weighted by Gasteiger charge is 2.74. The molecule has 1 N–H and O–H groups in total. The van der Waals surface area contributed by atoms with Crippen LogP contribution in [0.1, 0.15) is 52.4 Å². The van der Waals surface area contributed by atoms with Gasteiger partial charge in [-0.25, -0.2) is 0 Å². The van der Waals surface area contributed by atoms with Crippen LogP contribution in [-0.4, -0.2) is 36.4 Å². The Labute approximate surface area is 148 Å². The molecular weight excluding hydrogens is 320 g/mol. The molecule has 3 saturated carbocycles. The molecule has 0 amide bonds. The van der Waals surface area contributed by atoms with Crippen LogP contribution < -0.4 is 0 Å². The third-order valence-corrected chi connectivity index (χ3v) is 8.73. The number of carbonyl (C=O) groups is 2. The van der Waals surface area contributed by atoms with Gasteiger partial charge in [0, 0.05) is 17.3 Å². The van der Waals surface area contributed by atoms with Gasteiger partial charge in [0.15, 0.2) is 12.1 Å². The summed E-state index contributed by atoms with van der Waals surface area (Å²) in [5.41, 5.74) is -1.37. The van der Waals surface area contributed by atoms with Gasteiger partial charge in [-0.05, 0) is 49.4 Å². The Hall–Kier alpha value is -0.940. The van der Waals surface area contributed by atoms with E-state index in [9.17, 15) is 14.7 Å². The van der Waals surface area contributed by atoms with Gasteiger partial charge in [0.1, 0.15) is 5.41 Å². The number of esters is 1. The van der Waals surface area contributed by atoms with Gasteiger partial charge in [-0.2, -0.15) is 0 Å². The lowest BCUT2D eigenvalue weighted by molar-refractivity contribution is -0.225. The first kappa shape index (κ1) is 16.2. The van der Waals surface area contributed by atoms with E-state index in [1.807, 2.05) is 6.92 Å². The Morgan fingerprint density at radius 3 is 2.76 bits per heavy atom. The molecule has 0 aromatic carbocycles. The van der Waals surface area contributed by atoms with E-state index in [1.54, 1.807) is 0 Å². The zero-order chi connectivity index (χ0) is 17.6. The molecule has 2 heterocycles. The van der Waals surface area contributed by atoms with Gasteiger partial charge in [-0.15, -0.1) is 0 Å². The van der Waals surface area contributed by atoms with Crippen molar-refractivity contribution in [1.82, 2.24) is 0 Å². The third-order valence-electron chi connectivity index (χ3n) is 8.73. The van der Waals surface area contributed by atoms with Crippen LogP contribution in [0, 0.1) is 39.9 Å². The molecule has 2 aliphatic heterocycles. The van der Waals surface area contributed by atoms with E-state index in [4.69, 9.17) is 9.47 Å². The van der Waals surface area contributed by atoms with Crippen LogP contribution >= 0.6 is 0 Å². The second-order valence-corrected chi connectivity index (χ2v) is 9.71. The van der Waals surface area contributed by atoms with Gasteiger partial charge in [-0.1, -0.05) is 20.3 Å². The molecule has 2 spiro atoms. The summed E-state index contributed by atoms with van der Waals surface area (Å²) >= 11 is 0. The molecule has 5 nitrogen and oxygen atoms in total. The second kappa shape index (κ2) is 4.86. The molecule has 0 aromatic heterocycles. The number of hydrogen-bond donors (Lipinski definition) is 1. The maximum atomic E-state index is 13.2. The monoisotopic (exact) mass is 348 g/mol. The normalized spacial score (nSPS) is 57.3. The summed E-state index contributed by atoms with van der Waals surface area (Å²) < 4.78 is 11.4. The summed E-state index contributed by atoms with van der Waals surface area (Å²) in [5, 5.41) is 10.7. The van der Waals surface area contributed by atoms with Crippen LogP contribution in [0.3, 0.4) is 0 Å². The minimum absolute atomic E-state index is 0.00377. The minimum Gasteiger partial charge on any atom is -0.464 e. The molecule has 5 fully saturated rings. The largest absolute Gasteiger partial charge is 0.464 e. The molecular formula is C20H28O5. The lowest BCUT2D eigenvalue weighted by Crippen LogP contribution is -2.64. The summed E-state index contributed by atoms with van der Waals surface area (Å²) in [6.45, 7) is 5.08. The highest BCUT2D eigenvalue weighted by Crippen LogP contribution is 2.69. The van der Waals surface area contributed by atoms with Gasteiger partial charge >= 0.3 is 5.97 Å². The number of aliphatic hydroxyl groups is 1. The molecule has 0 aromatic rings. The Balaban J connectivity index is 1.66. The molecule has 25 heavy (non-hydrogen) atoms. The fraction of sp³-hybridized carbons (Fsp3) is 0.900. The lowest BCUT2D eigenvalue weighted by Gasteiger charge is -2.60. The van der Waals surface area contributed by atoms with Crippen molar-refractivity contribution >= 4 is 11.8 Å². The number of ketones is 1. The first-order valence-corrected chi connectivity index (χ1v) is 9.86. The van der Waals surface area contributed by atoms with E-state index in [0.29, 0.717) is 25.6 Å². The summed E-state index contributed by atoms with van der Waals surface area (Å²) in [6.07, 6.45) is 4.73. The molecule has 5 heteroatoms. The quantitative estimate of drug-likeness (QED) is 0.537. The first-order chi connectivity index (χ1) is 11.9. The number of fused-ring (bicyclic) bond motifs is 4. The molecule has 138 valence electrons. The van der Waals surface area contributed by atoms with E-state index >= 15 is 0 Å². The molecule has 5 aliphatic rings. The molecule has 2 saturated heterocycles. The van der Waals surface area contributed by atoms with E-state index in [1.165, 1.54) is 0 Å². The molecule has 2 bridgehead atoms. The maximum Gasteiger partial charge on any atom is 0.319 e. The van der Waals surface area contributed by atoms with Gasteiger partial charge in [-0.3, -0.25) is 9.59 Å². The van der Waals surface area contributed by atoms with E-state index in [-0.39, 0.29) is 40.3 Å². The first-order valence-electron chi connectivity index (χ1n) is 9.86. The van der Waals surface area contributed by atoms with Crippen molar-refractivity contribution < 1.29 is 24.2 Å². The van der Waals surface area contributed by atoms with Crippen molar-refractivity contribution in [2.45, 2.75) is 58.7 Å². The van der Waals surface area contributed by atoms with Crippen LogP contribution in [0.4, 0.5) is 0 Å². The van der Waals surface area contributed by atoms with E-state index in [2.05, 4.69) is 6.92 Å². The van der Waals surface area contributed by atoms with E-state index < -0.39 is 11.7 Å². The number of aliphatic hydroxyl groups excluding tert-OH is 1. The van der Waals surface area contributed by atoms with Crippen molar-refractivity contribution in [1.29, 1.82) is 0 Å². The molecule has 5 rings (SSSR count). The fourth-order valence-electron chi connectivity index (χ4n) is 7.68. The smallest absolute Gasteiger partial charge is 0.319 e. The average Bonchev–Trinajstić information content (AvgIpc) is 3.01. The van der Waals surface area contributed by atoms with Crippen LogP contribution in [0.2, 0.25) is 0 Å². The highest BCUT2D eigenvalue weighted by atomic mass is 16.6. The van der Waals surface area contributed by atoms with Crippen molar-refractivity contribution in [2.75, 3.05) is 13.2 Å². The third kappa shape index (κ3) is 1.72. The zero-order valence-electron chi connectivity index (χ0n) is 15.1. The predicted octanol–water partition coefficient (Wildman–Crippen LogP) is 2.31. The van der Waals surface area contributed by atoms with Crippen LogP contribution in [0.15, 0.2) is 0 Å². The van der Waals surface area contributed by atoms with Gasteiger partial charge in [0.2, 0.25) is 0 Å². The van der Waals surface area contributed by atoms with Crippen molar-refractivity contribution in [3.63, 3.8) is 0 Å². The molecule has 0 unspecified atom stereocenters. The second-order valence-electron chi connectivity index (χ2n) is 9.71. The van der Waals surface area contributed by atoms with Gasteiger partial charge in [0.25, 0.3) is 0 Å². The Morgan fingerprint density at radius 2 is 1.96 bits per heavy atom. The summed E-state index contributed by atoms with van der Waals surface area (Å²) in [7, 11) is 0. The maximum absolute atomic E-state index is 13.2. The standard InChI is InChI=1S/C20H28O5/c1-11-12-4-5-13-19(10-25-17(23)20(13,8-12)15(11)21)7-3-6-18(2)9-24-16(22)14(18)19/h11-14,16,22H,3-10H2,1-2H3/t11-,12+,13+,14-,16+,18+,19-,20+/m1/s1. The number of Topliss-reactive ketones (excluding diaryl/α,β-unsaturated/α-hetero) is 1. The summed E-state index contributed by atoms with van der Waals surface area (Å²) in [6, 6.07) is 0. The van der Waals surface area contributed by atoms with Crippen LogP contribution in [0.25, 0.3) is 0 Å². The SMILES string of the molecule is C[C@H]1C(=O)[C@]23C[C@@H]1CC[C@H]2[C@@]1(CCC[C@@]2(C)CO[C@H](O)[C@H]21)COC3=O. The Morgan fingerprint density at radius 1 is 1.16 bits per heavy atom. The van der Waals surface area contributed by atoms with Crippen molar-refractivity contribution in [3.8, 4) is 0 Å². The summed E-state index contributed by atoms with van der Waals surface area (Å²) in [5.74, 6) is 0.0196. The number of hydrogen-bond acceptors (Lipinski definition) is 5. The zero-order valence-corrected chi connectivity index (χ0v) is 15.1. The number of cyclic esters (lactones) is 1. The predicted molar refractivity (Wildman–Crippen MR) is 88.2 cm³/mol. The number of carbonyl (C=O) groups excluding carboxylic acids is 2. The van der Waals surface area contributed by atoms with E-state index in [0.717, 1.165) is 32.1 Å². The van der Waals surface area contributed by atoms with Crippen LogP contribution in [-0.2, 0) is 19.1 Å². The Bertz CT molecular complexity index is 642. The van der Waals surface area contributed by atoms with Crippen molar-refractivity contribution in [3.05, 3.63) is 0 Å². The highest BCUT2D eigenvalue weighted by molar-refractivity contribution is 6.07. The van der Waals surface area contributed by atoms with Gasteiger partial charge in [0.05, 0.1) is 13.2 Å². The van der Waals surface area contributed by atoms with Crippen molar-refractivity contribution in [2.24, 2.45) is 39.9 Å². The molecule has 8 atom stereocenters. The lowest BCUT2D eigenvalue weighted by atomic mass is 9.45. The fourth-order valence-corrected chi connectivity index (χ4v) is 7.68. The average molecular weight is 348 g/mol.